The predicted molar refractivity (Wildman–Crippen MR) is 121 cm³/mol. The molecule has 0 bridgehead atoms. The van der Waals surface area contributed by atoms with E-state index in [4.69, 9.17) is 9.47 Å². The van der Waals surface area contributed by atoms with Crippen molar-refractivity contribution in [3.8, 4) is 11.1 Å². The molecule has 2 aliphatic heterocycles. The Morgan fingerprint density at radius 3 is 2.55 bits per heavy atom. The third-order valence-electron chi connectivity index (χ3n) is 5.36. The number of nitrogens with one attached hydrogen (secondary N) is 3. The number of methoxy groups -OCH3 is 1. The average Bonchev–Trinajstić information content (AvgIpc) is 3.29. The van der Waals surface area contributed by atoms with Crippen LogP contribution in [0.15, 0.2) is 35.4 Å². The number of hydrogen-bond acceptors (Lipinski definition) is 6. The van der Waals surface area contributed by atoms with E-state index in [0.29, 0.717) is 26.8 Å². The number of H-pyrrole nitrogens is 3. The number of nitrogens with zero attached hydrogens (tertiary/aromatic N) is 1. The molecule has 0 saturated heterocycles. The average molecular weight is 446 g/mol. The van der Waals surface area contributed by atoms with Crippen molar-refractivity contribution in [2.24, 2.45) is 0 Å². The van der Waals surface area contributed by atoms with Crippen molar-refractivity contribution in [2.45, 2.75) is 13.8 Å². The summed E-state index contributed by atoms with van der Waals surface area (Å²) in [6.07, 6.45) is 4.86. The maximum absolute atomic E-state index is 12.8. The molecule has 0 saturated carbocycles. The second-order valence-corrected chi connectivity index (χ2v) is 7.32. The number of carbonyl (C=O) groups is 2. The van der Waals surface area contributed by atoms with Gasteiger partial charge in [-0.2, -0.15) is 0 Å². The topological polar surface area (TPSA) is 130 Å². The molecule has 0 unspecified atom stereocenters. The van der Waals surface area contributed by atoms with E-state index in [1.54, 1.807) is 26.2 Å². The van der Waals surface area contributed by atoms with Gasteiger partial charge in [-0.05, 0) is 49.2 Å². The van der Waals surface area contributed by atoms with Crippen molar-refractivity contribution in [3.63, 3.8) is 0 Å². The van der Waals surface area contributed by atoms with E-state index in [9.17, 15) is 14.4 Å². The van der Waals surface area contributed by atoms with Crippen molar-refractivity contribution >= 4 is 24.6 Å². The fraction of sp³-hybridized carbons (Fsp3) is 0.167. The second-order valence-electron chi connectivity index (χ2n) is 7.32. The number of hydrogen-bond donors (Lipinski definition) is 3. The predicted octanol–water partition coefficient (Wildman–Crippen LogP) is 1.33. The van der Waals surface area contributed by atoms with Gasteiger partial charge in [-0.1, -0.05) is 6.58 Å². The molecule has 0 fully saturated rings. The molecule has 9 heteroatoms. The molecule has 0 atom stereocenters. The van der Waals surface area contributed by atoms with Gasteiger partial charge in [-0.3, -0.25) is 9.78 Å². The van der Waals surface area contributed by atoms with Gasteiger partial charge in [-0.15, -0.1) is 0 Å². The van der Waals surface area contributed by atoms with Crippen LogP contribution in [0.25, 0.3) is 23.8 Å². The van der Waals surface area contributed by atoms with E-state index in [1.807, 2.05) is 18.2 Å². The smallest absolute Gasteiger partial charge is 0.355 e. The molecule has 3 N–H and O–H groups in total. The van der Waals surface area contributed by atoms with E-state index in [-0.39, 0.29) is 29.1 Å². The lowest BCUT2D eigenvalue weighted by atomic mass is 10.1. The number of pyridine rings is 1. The Bertz CT molecular complexity index is 1600. The summed E-state index contributed by atoms with van der Waals surface area (Å²) in [6.45, 7) is 7.53. The normalized spacial score (nSPS) is 11.7. The molecule has 33 heavy (non-hydrogen) atoms. The summed E-state index contributed by atoms with van der Waals surface area (Å²) in [5.74, 6) is -1.24. The van der Waals surface area contributed by atoms with Gasteiger partial charge < -0.3 is 24.4 Å². The Morgan fingerprint density at radius 2 is 1.88 bits per heavy atom. The molecule has 2 aromatic rings. The minimum atomic E-state index is -0.637. The highest BCUT2D eigenvalue weighted by molar-refractivity contribution is 6.00. The SMILES string of the molecule is C=c1[nH]c2[nH]c(=O)c(=Cc3[nH]c(C(=O)OCC)c(C)c3C(=O)OC)c=2cc1-c1ccncc1. The fourth-order valence-corrected chi connectivity index (χ4v) is 3.78. The summed E-state index contributed by atoms with van der Waals surface area (Å²) >= 11 is 0. The highest BCUT2D eigenvalue weighted by Crippen LogP contribution is 2.21. The second kappa shape index (κ2) is 8.62. The fourth-order valence-electron chi connectivity index (χ4n) is 3.78. The standard InChI is InChI=1S/C24H22N4O5/c1-5-33-24(31)20-12(2)19(23(30)32-4)18(27-20)11-17-16-10-15(14-6-8-25-9-7-14)13(3)26-21(16)28-22(17)29/h6-11,26-27H,3,5H2,1-2,4H3,(H,28,29). The molecular formula is C24H22N4O5. The van der Waals surface area contributed by atoms with Gasteiger partial charge in [0.15, 0.2) is 0 Å². The van der Waals surface area contributed by atoms with Gasteiger partial charge in [0.25, 0.3) is 5.56 Å². The molecule has 0 aromatic carbocycles. The van der Waals surface area contributed by atoms with Crippen LogP contribution >= 0.6 is 0 Å². The van der Waals surface area contributed by atoms with E-state index in [2.05, 4.69) is 26.5 Å². The maximum Gasteiger partial charge on any atom is 0.355 e. The van der Waals surface area contributed by atoms with Crippen molar-refractivity contribution in [1.29, 1.82) is 0 Å². The van der Waals surface area contributed by atoms with Crippen LogP contribution in [0.5, 0.6) is 0 Å². The van der Waals surface area contributed by atoms with Gasteiger partial charge in [0.1, 0.15) is 11.2 Å². The molecule has 9 nitrogen and oxygen atoms in total. The van der Waals surface area contributed by atoms with Crippen LogP contribution in [0.2, 0.25) is 0 Å². The zero-order chi connectivity index (χ0) is 23.7. The molecule has 0 aliphatic carbocycles. The van der Waals surface area contributed by atoms with Gasteiger partial charge in [-0.25, -0.2) is 9.59 Å². The first kappa shape index (κ1) is 21.8. The van der Waals surface area contributed by atoms with Gasteiger partial charge in [0.05, 0.1) is 30.2 Å². The Labute approximate surface area is 187 Å². The molecular weight excluding hydrogens is 424 g/mol. The first-order valence-corrected chi connectivity index (χ1v) is 10.2. The van der Waals surface area contributed by atoms with Crippen LogP contribution in [-0.4, -0.2) is 45.6 Å². The number of aromatic nitrogens is 4. The largest absolute Gasteiger partial charge is 0.465 e. The summed E-state index contributed by atoms with van der Waals surface area (Å²) in [5, 5.41) is 1.52. The van der Waals surface area contributed by atoms with E-state index in [1.165, 1.54) is 13.2 Å². The third-order valence-corrected chi connectivity index (χ3v) is 5.36. The Hall–Kier alpha value is -4.40. The summed E-state index contributed by atoms with van der Waals surface area (Å²) in [7, 11) is 1.25. The quantitative estimate of drug-likeness (QED) is 0.397. The zero-order valence-electron chi connectivity index (χ0n) is 18.4. The summed E-state index contributed by atoms with van der Waals surface area (Å²) in [4.78, 5) is 50.5. The lowest BCUT2D eigenvalue weighted by Gasteiger charge is -2.02. The lowest BCUT2D eigenvalue weighted by Crippen LogP contribution is -2.23. The Kier molecular flexibility index (Phi) is 5.70. The summed E-state index contributed by atoms with van der Waals surface area (Å²) in [5.41, 5.74) is 2.72. The summed E-state index contributed by atoms with van der Waals surface area (Å²) < 4.78 is 9.98. The molecule has 4 rings (SSSR count). The minimum absolute atomic E-state index is 0.125. The highest BCUT2D eigenvalue weighted by Gasteiger charge is 2.24. The molecule has 0 amide bonds. The third kappa shape index (κ3) is 3.84. The molecule has 168 valence electrons. The van der Waals surface area contributed by atoms with Crippen molar-refractivity contribution in [2.75, 3.05) is 13.7 Å². The van der Waals surface area contributed by atoms with Gasteiger partial charge >= 0.3 is 11.9 Å². The van der Waals surface area contributed by atoms with Crippen molar-refractivity contribution < 1.29 is 19.1 Å². The van der Waals surface area contributed by atoms with Crippen molar-refractivity contribution in [3.05, 3.63) is 84.7 Å². The van der Waals surface area contributed by atoms with E-state index < -0.39 is 11.9 Å². The van der Waals surface area contributed by atoms with Crippen LogP contribution < -0.4 is 16.1 Å². The van der Waals surface area contributed by atoms with Gasteiger partial charge in [0.2, 0.25) is 0 Å². The molecule has 2 aliphatic rings. The van der Waals surface area contributed by atoms with Crippen molar-refractivity contribution in [1.82, 2.24) is 19.9 Å². The first-order valence-electron chi connectivity index (χ1n) is 10.2. The lowest BCUT2D eigenvalue weighted by molar-refractivity contribution is 0.0519. The molecule has 4 heterocycles. The van der Waals surface area contributed by atoms with Crippen LogP contribution in [0.1, 0.15) is 39.0 Å². The Morgan fingerprint density at radius 1 is 1.15 bits per heavy atom. The van der Waals surface area contributed by atoms with Gasteiger partial charge in [0, 0.05) is 28.5 Å². The number of ether oxygens (including phenoxy) is 2. The molecule has 0 radical (unpaired) electrons. The minimum Gasteiger partial charge on any atom is -0.465 e. The number of rotatable bonds is 5. The Balaban J connectivity index is 2.01. The number of carbonyl (C=O) groups excluding carboxylic acids is 2. The van der Waals surface area contributed by atoms with Crippen LogP contribution in [0.4, 0.5) is 0 Å². The monoisotopic (exact) mass is 446 g/mol. The number of esters is 2. The molecule has 2 aromatic heterocycles. The van der Waals surface area contributed by atoms with E-state index >= 15 is 0 Å². The zero-order valence-corrected chi connectivity index (χ0v) is 18.4. The number of aromatic amines is 3. The highest BCUT2D eigenvalue weighted by atomic mass is 16.5. The van der Waals surface area contributed by atoms with Crippen LogP contribution in [-0.2, 0) is 9.47 Å². The molecule has 0 spiro atoms. The maximum atomic E-state index is 12.8. The van der Waals surface area contributed by atoms with E-state index in [0.717, 1.165) is 11.1 Å². The first-order chi connectivity index (χ1) is 15.8. The van der Waals surface area contributed by atoms with Crippen LogP contribution in [0.3, 0.4) is 0 Å². The van der Waals surface area contributed by atoms with Crippen LogP contribution in [0, 0.1) is 17.6 Å². The summed E-state index contributed by atoms with van der Waals surface area (Å²) in [6, 6.07) is 5.52.